The van der Waals surface area contributed by atoms with E-state index in [9.17, 15) is 9.59 Å². The average molecular weight is 380 g/mol. The summed E-state index contributed by atoms with van der Waals surface area (Å²) in [7, 11) is 1.61. The van der Waals surface area contributed by atoms with Crippen molar-refractivity contribution in [3.8, 4) is 5.75 Å². The Morgan fingerprint density at radius 2 is 1.83 bits per heavy atom. The third-order valence-corrected chi connectivity index (χ3v) is 7.67. The molecule has 0 radical (unpaired) electrons. The second kappa shape index (κ2) is 5.07. The van der Waals surface area contributed by atoms with Crippen molar-refractivity contribution in [3.05, 3.63) is 24.3 Å². The normalized spacial score (nSPS) is 34.5. The minimum Gasteiger partial charge on any atom is -0.497 e. The van der Waals surface area contributed by atoms with Crippen LogP contribution in [0.3, 0.4) is 0 Å². The number of ketones is 1. The standard InChI is InChI=1S/C18H22BrNO3/c1-16(2)17(3)9-10-18(16,13(19)14(17)21)15(22)20-11-5-7-12(23-4)8-6-11/h5-8,13H,9-10H2,1-4H3,(H,20,22)/t13-,17-,18-/m1/s1. The Hall–Kier alpha value is -1.36. The maximum Gasteiger partial charge on any atom is 0.232 e. The van der Waals surface area contributed by atoms with Crippen molar-refractivity contribution in [2.45, 2.75) is 38.4 Å². The van der Waals surface area contributed by atoms with E-state index in [2.05, 4.69) is 21.2 Å². The van der Waals surface area contributed by atoms with Crippen LogP contribution in [0.25, 0.3) is 0 Å². The first-order valence-electron chi connectivity index (χ1n) is 7.84. The summed E-state index contributed by atoms with van der Waals surface area (Å²) in [5.41, 5.74) is -0.826. The summed E-state index contributed by atoms with van der Waals surface area (Å²) in [4.78, 5) is 25.4. The molecule has 1 aromatic carbocycles. The summed E-state index contributed by atoms with van der Waals surface area (Å²) in [6.45, 7) is 6.10. The number of hydrogen-bond donors (Lipinski definition) is 1. The maximum absolute atomic E-state index is 13.1. The first kappa shape index (κ1) is 16.5. The molecule has 0 spiro atoms. The number of carbonyl (C=O) groups is 2. The van der Waals surface area contributed by atoms with Crippen LogP contribution in [0.15, 0.2) is 24.3 Å². The zero-order valence-corrected chi connectivity index (χ0v) is 15.5. The van der Waals surface area contributed by atoms with Crippen molar-refractivity contribution in [1.82, 2.24) is 0 Å². The summed E-state index contributed by atoms with van der Waals surface area (Å²) < 4.78 is 5.13. The predicted octanol–water partition coefficient (Wildman–Crippen LogP) is 3.79. The quantitative estimate of drug-likeness (QED) is 0.812. The van der Waals surface area contributed by atoms with Crippen molar-refractivity contribution in [2.24, 2.45) is 16.2 Å². The van der Waals surface area contributed by atoms with Gasteiger partial charge in [-0.25, -0.2) is 0 Å². The number of amides is 1. The molecule has 0 aromatic heterocycles. The van der Waals surface area contributed by atoms with Crippen molar-refractivity contribution < 1.29 is 14.3 Å². The van der Waals surface area contributed by atoms with Crippen LogP contribution in [0, 0.1) is 16.2 Å². The molecule has 5 heteroatoms. The number of nitrogens with one attached hydrogen (secondary N) is 1. The van der Waals surface area contributed by atoms with E-state index >= 15 is 0 Å². The van der Waals surface area contributed by atoms with Gasteiger partial charge < -0.3 is 10.1 Å². The molecule has 2 bridgehead atoms. The van der Waals surface area contributed by atoms with Gasteiger partial charge in [0.2, 0.25) is 5.91 Å². The lowest BCUT2D eigenvalue weighted by Gasteiger charge is -2.39. The number of anilines is 1. The van der Waals surface area contributed by atoms with Crippen LogP contribution < -0.4 is 10.1 Å². The topological polar surface area (TPSA) is 55.4 Å². The number of hydrogen-bond acceptors (Lipinski definition) is 3. The molecular weight excluding hydrogens is 358 g/mol. The molecule has 0 unspecified atom stereocenters. The van der Waals surface area contributed by atoms with E-state index in [0.29, 0.717) is 5.69 Å². The lowest BCUT2D eigenvalue weighted by molar-refractivity contribution is -0.130. The SMILES string of the molecule is COc1ccc(NC(=O)[C@@]23CC[C@](C)(C(=O)[C@H]2Br)C3(C)C)cc1. The Bertz CT molecular complexity index is 669. The van der Waals surface area contributed by atoms with E-state index < -0.39 is 15.7 Å². The number of ether oxygens (including phenoxy) is 1. The zero-order valence-electron chi connectivity index (χ0n) is 13.9. The van der Waals surface area contributed by atoms with Crippen LogP contribution in [0.1, 0.15) is 33.6 Å². The summed E-state index contributed by atoms with van der Waals surface area (Å²) in [6, 6.07) is 7.24. The van der Waals surface area contributed by atoms with Gasteiger partial charge in [-0.2, -0.15) is 0 Å². The second-order valence-corrected chi connectivity index (χ2v) is 8.25. The summed E-state index contributed by atoms with van der Waals surface area (Å²) in [5.74, 6) is 0.812. The lowest BCUT2D eigenvalue weighted by Crippen LogP contribution is -2.47. The second-order valence-electron chi connectivity index (χ2n) is 7.34. The van der Waals surface area contributed by atoms with Gasteiger partial charge >= 0.3 is 0 Å². The molecule has 23 heavy (non-hydrogen) atoms. The predicted molar refractivity (Wildman–Crippen MR) is 92.9 cm³/mol. The van der Waals surface area contributed by atoms with Crippen molar-refractivity contribution >= 4 is 33.3 Å². The number of alkyl halides is 1. The maximum atomic E-state index is 13.1. The molecular formula is C18H22BrNO3. The molecule has 2 aliphatic carbocycles. The first-order chi connectivity index (χ1) is 10.7. The van der Waals surface area contributed by atoms with E-state index in [1.54, 1.807) is 7.11 Å². The van der Waals surface area contributed by atoms with E-state index in [-0.39, 0.29) is 17.1 Å². The molecule has 1 aromatic rings. The van der Waals surface area contributed by atoms with Crippen LogP contribution in [0.4, 0.5) is 5.69 Å². The van der Waals surface area contributed by atoms with Gasteiger partial charge in [-0.3, -0.25) is 9.59 Å². The zero-order chi connectivity index (χ0) is 17.0. The fourth-order valence-corrected chi connectivity index (χ4v) is 5.89. The van der Waals surface area contributed by atoms with Gasteiger partial charge in [-0.05, 0) is 42.5 Å². The molecule has 1 amide bonds. The number of halogens is 1. The summed E-state index contributed by atoms with van der Waals surface area (Å²) in [6.07, 6.45) is 1.48. The van der Waals surface area contributed by atoms with Crippen LogP contribution in [-0.4, -0.2) is 23.6 Å². The Morgan fingerprint density at radius 3 is 2.30 bits per heavy atom. The minimum atomic E-state index is -0.710. The van der Waals surface area contributed by atoms with E-state index in [0.717, 1.165) is 18.6 Å². The smallest absolute Gasteiger partial charge is 0.232 e. The largest absolute Gasteiger partial charge is 0.497 e. The van der Waals surface area contributed by atoms with Crippen LogP contribution >= 0.6 is 15.9 Å². The van der Waals surface area contributed by atoms with E-state index in [1.165, 1.54) is 0 Å². The highest BCUT2D eigenvalue weighted by Crippen LogP contribution is 2.72. The van der Waals surface area contributed by atoms with Gasteiger partial charge in [-0.15, -0.1) is 0 Å². The molecule has 0 heterocycles. The molecule has 0 aliphatic heterocycles. The highest BCUT2D eigenvalue weighted by molar-refractivity contribution is 9.10. The number of carbonyl (C=O) groups excluding carboxylic acids is 2. The minimum absolute atomic E-state index is 0.0795. The molecule has 4 nitrogen and oxygen atoms in total. The van der Waals surface area contributed by atoms with Gasteiger partial charge in [0.05, 0.1) is 17.4 Å². The van der Waals surface area contributed by atoms with Crippen LogP contribution in [-0.2, 0) is 9.59 Å². The Kier molecular flexibility index (Phi) is 3.63. The summed E-state index contributed by atoms with van der Waals surface area (Å²) >= 11 is 3.54. The van der Waals surface area contributed by atoms with E-state index in [4.69, 9.17) is 4.74 Å². The molecule has 2 aliphatic rings. The molecule has 2 fully saturated rings. The lowest BCUT2D eigenvalue weighted by atomic mass is 9.64. The highest BCUT2D eigenvalue weighted by Gasteiger charge is 2.76. The third-order valence-electron chi connectivity index (χ3n) is 6.47. The molecule has 1 N–H and O–H groups in total. The molecule has 124 valence electrons. The fourth-order valence-electron chi connectivity index (χ4n) is 4.37. The molecule has 3 atom stereocenters. The third kappa shape index (κ3) is 1.89. The molecule has 0 saturated heterocycles. The monoisotopic (exact) mass is 379 g/mol. The highest BCUT2D eigenvalue weighted by atomic mass is 79.9. The van der Waals surface area contributed by atoms with Crippen molar-refractivity contribution in [3.63, 3.8) is 0 Å². The van der Waals surface area contributed by atoms with Gasteiger partial charge in [0, 0.05) is 11.1 Å². The number of Topliss-reactive ketones (excluding diaryl/α,β-unsaturated/α-hetero) is 1. The van der Waals surface area contributed by atoms with Crippen LogP contribution in [0.2, 0.25) is 0 Å². The van der Waals surface area contributed by atoms with E-state index in [1.807, 2.05) is 45.0 Å². The number of benzene rings is 1. The van der Waals surface area contributed by atoms with Crippen LogP contribution in [0.5, 0.6) is 5.75 Å². The Labute approximate surface area is 145 Å². The Morgan fingerprint density at radius 1 is 1.22 bits per heavy atom. The van der Waals surface area contributed by atoms with Gasteiger partial charge in [0.15, 0.2) is 5.78 Å². The first-order valence-corrected chi connectivity index (χ1v) is 8.76. The number of methoxy groups -OCH3 is 1. The number of rotatable bonds is 3. The van der Waals surface area contributed by atoms with Gasteiger partial charge in [-0.1, -0.05) is 36.7 Å². The van der Waals surface area contributed by atoms with Gasteiger partial charge in [0.25, 0.3) is 0 Å². The molecule has 2 saturated carbocycles. The van der Waals surface area contributed by atoms with Crippen molar-refractivity contribution in [1.29, 1.82) is 0 Å². The average Bonchev–Trinajstić information content (AvgIpc) is 2.80. The van der Waals surface area contributed by atoms with Gasteiger partial charge in [0.1, 0.15) is 5.75 Å². The fraction of sp³-hybridized carbons (Fsp3) is 0.556. The number of fused-ring (bicyclic) bond motifs is 2. The van der Waals surface area contributed by atoms with Crippen molar-refractivity contribution in [2.75, 3.05) is 12.4 Å². The molecule has 3 rings (SSSR count). The summed E-state index contributed by atoms with van der Waals surface area (Å²) in [5, 5.41) is 3.00. The Balaban J connectivity index is 1.93.